The minimum Gasteiger partial charge on any atom is -0.348 e. The first-order chi connectivity index (χ1) is 7.70. The number of hydrogen-bond donors (Lipinski definition) is 2. The molecule has 16 heavy (non-hydrogen) atoms. The molecule has 1 amide bonds. The van der Waals surface area contributed by atoms with E-state index in [2.05, 4.69) is 11.4 Å². The number of amides is 1. The summed E-state index contributed by atoms with van der Waals surface area (Å²) in [5.41, 5.74) is 6.86. The van der Waals surface area contributed by atoms with Crippen LogP contribution >= 0.6 is 11.3 Å². The van der Waals surface area contributed by atoms with Gasteiger partial charge in [-0.25, -0.2) is 0 Å². The van der Waals surface area contributed by atoms with Crippen LogP contribution in [0.2, 0.25) is 0 Å². The molecule has 0 radical (unpaired) electrons. The topological polar surface area (TPSA) is 55.1 Å². The Hall–Kier alpha value is -0.870. The molecule has 1 aliphatic rings. The van der Waals surface area contributed by atoms with Gasteiger partial charge in [-0.15, -0.1) is 11.3 Å². The highest BCUT2D eigenvalue weighted by molar-refractivity contribution is 7.14. The largest absolute Gasteiger partial charge is 0.348 e. The molecular formula is C12H18N2OS. The minimum absolute atomic E-state index is 0.0253. The fourth-order valence-electron chi connectivity index (χ4n) is 1.96. The van der Waals surface area contributed by atoms with Gasteiger partial charge in [-0.1, -0.05) is 0 Å². The van der Waals surface area contributed by atoms with Gasteiger partial charge in [0.2, 0.25) is 0 Å². The zero-order valence-corrected chi connectivity index (χ0v) is 10.4. The Balaban J connectivity index is 2.09. The molecule has 4 heteroatoms. The lowest BCUT2D eigenvalue weighted by Crippen LogP contribution is -2.37. The van der Waals surface area contributed by atoms with Crippen LogP contribution < -0.4 is 11.1 Å². The molecule has 1 heterocycles. The van der Waals surface area contributed by atoms with Gasteiger partial charge in [-0.2, -0.15) is 0 Å². The van der Waals surface area contributed by atoms with Gasteiger partial charge < -0.3 is 11.1 Å². The lowest BCUT2D eigenvalue weighted by atomic mass is 9.99. The second-order valence-electron chi connectivity index (χ2n) is 4.38. The summed E-state index contributed by atoms with van der Waals surface area (Å²) in [6.45, 7) is 2.41. The fourth-order valence-corrected chi connectivity index (χ4v) is 3.11. The zero-order valence-electron chi connectivity index (χ0n) is 9.58. The highest BCUT2D eigenvalue weighted by Gasteiger charge is 2.17. The molecule has 1 aromatic heterocycles. The molecule has 1 atom stereocenters. The molecule has 3 N–H and O–H groups in total. The van der Waals surface area contributed by atoms with Crippen LogP contribution in [0, 0.1) is 0 Å². The molecule has 1 aromatic rings. The number of rotatable bonds is 3. The molecule has 0 saturated carbocycles. The van der Waals surface area contributed by atoms with Crippen LogP contribution in [-0.4, -0.2) is 18.5 Å². The van der Waals surface area contributed by atoms with Gasteiger partial charge in [0.15, 0.2) is 0 Å². The van der Waals surface area contributed by atoms with E-state index in [1.807, 2.05) is 6.92 Å². The van der Waals surface area contributed by atoms with Crippen molar-refractivity contribution in [2.24, 2.45) is 5.73 Å². The highest BCUT2D eigenvalue weighted by atomic mass is 32.1. The maximum absolute atomic E-state index is 11.9. The van der Waals surface area contributed by atoms with Crippen LogP contribution in [0.4, 0.5) is 0 Å². The summed E-state index contributed by atoms with van der Waals surface area (Å²) in [4.78, 5) is 14.1. The summed E-state index contributed by atoms with van der Waals surface area (Å²) in [5, 5.41) is 2.90. The molecule has 0 saturated heterocycles. The summed E-state index contributed by atoms with van der Waals surface area (Å²) < 4.78 is 0. The van der Waals surface area contributed by atoms with Gasteiger partial charge in [0.1, 0.15) is 0 Å². The zero-order chi connectivity index (χ0) is 11.5. The van der Waals surface area contributed by atoms with Crippen molar-refractivity contribution in [3.8, 4) is 0 Å². The summed E-state index contributed by atoms with van der Waals surface area (Å²) in [5.74, 6) is 0.0253. The minimum atomic E-state index is 0.0253. The average molecular weight is 238 g/mol. The third-order valence-corrected chi connectivity index (χ3v) is 4.19. The standard InChI is InChI=1S/C12H18N2OS/c1-8(7-13)14-12(15)11-6-9-4-2-3-5-10(9)16-11/h6,8H,2-5,7,13H2,1H3,(H,14,15)/t8-/m1/s1. The fraction of sp³-hybridized carbons (Fsp3) is 0.583. The second-order valence-corrected chi connectivity index (χ2v) is 5.51. The summed E-state index contributed by atoms with van der Waals surface area (Å²) >= 11 is 1.64. The first-order valence-corrected chi connectivity index (χ1v) is 6.65. The molecule has 1 aliphatic carbocycles. The predicted molar refractivity (Wildman–Crippen MR) is 66.9 cm³/mol. The number of nitrogens with one attached hydrogen (secondary N) is 1. The lowest BCUT2D eigenvalue weighted by Gasteiger charge is -2.09. The molecule has 88 valence electrons. The van der Waals surface area contributed by atoms with E-state index in [9.17, 15) is 4.79 Å². The summed E-state index contributed by atoms with van der Waals surface area (Å²) in [6, 6.07) is 2.10. The van der Waals surface area contributed by atoms with Gasteiger partial charge in [0, 0.05) is 17.5 Å². The van der Waals surface area contributed by atoms with Crippen molar-refractivity contribution in [1.82, 2.24) is 5.32 Å². The Morgan fingerprint density at radius 3 is 3.00 bits per heavy atom. The first kappa shape index (κ1) is 11.6. The monoisotopic (exact) mass is 238 g/mol. The Bertz CT molecular complexity index is 363. The first-order valence-electron chi connectivity index (χ1n) is 5.83. The second kappa shape index (κ2) is 4.97. The SMILES string of the molecule is C[C@H](CN)NC(=O)c1cc2c(s1)CCCC2. The van der Waals surface area contributed by atoms with E-state index in [4.69, 9.17) is 5.73 Å². The molecule has 3 nitrogen and oxygen atoms in total. The molecular weight excluding hydrogens is 220 g/mol. The third kappa shape index (κ3) is 2.44. The lowest BCUT2D eigenvalue weighted by molar-refractivity contribution is 0.0945. The number of nitrogens with two attached hydrogens (primary N) is 1. The van der Waals surface area contributed by atoms with Crippen LogP contribution in [0.1, 0.15) is 39.9 Å². The van der Waals surface area contributed by atoms with E-state index in [1.165, 1.54) is 23.3 Å². The number of hydrogen-bond acceptors (Lipinski definition) is 3. The molecule has 2 rings (SSSR count). The van der Waals surface area contributed by atoms with Crippen molar-refractivity contribution in [2.45, 2.75) is 38.6 Å². The molecule has 0 aliphatic heterocycles. The highest BCUT2D eigenvalue weighted by Crippen LogP contribution is 2.29. The Kier molecular flexibility index (Phi) is 3.61. The molecule has 0 bridgehead atoms. The van der Waals surface area contributed by atoms with Gasteiger partial charge in [0.05, 0.1) is 4.88 Å². The van der Waals surface area contributed by atoms with Crippen LogP contribution in [0.15, 0.2) is 6.07 Å². The number of carbonyl (C=O) groups is 1. The molecule has 0 fully saturated rings. The smallest absolute Gasteiger partial charge is 0.261 e. The van der Waals surface area contributed by atoms with Crippen molar-refractivity contribution in [1.29, 1.82) is 0 Å². The van der Waals surface area contributed by atoms with Gasteiger partial charge in [0.25, 0.3) is 5.91 Å². The van der Waals surface area contributed by atoms with E-state index < -0.39 is 0 Å². The summed E-state index contributed by atoms with van der Waals surface area (Å²) in [6.07, 6.45) is 4.78. The van der Waals surface area contributed by atoms with Crippen molar-refractivity contribution < 1.29 is 4.79 Å². The van der Waals surface area contributed by atoms with E-state index in [0.29, 0.717) is 6.54 Å². The normalized spacial score (nSPS) is 16.6. The molecule has 0 unspecified atom stereocenters. The Morgan fingerprint density at radius 1 is 1.56 bits per heavy atom. The van der Waals surface area contributed by atoms with E-state index in [-0.39, 0.29) is 11.9 Å². The quantitative estimate of drug-likeness (QED) is 0.842. The van der Waals surface area contributed by atoms with Crippen molar-refractivity contribution >= 4 is 17.2 Å². The maximum Gasteiger partial charge on any atom is 0.261 e. The Morgan fingerprint density at radius 2 is 2.31 bits per heavy atom. The average Bonchev–Trinajstić information content (AvgIpc) is 2.72. The van der Waals surface area contributed by atoms with Crippen LogP contribution in [-0.2, 0) is 12.8 Å². The Labute approximate surface area is 100 Å². The van der Waals surface area contributed by atoms with E-state index in [0.717, 1.165) is 17.7 Å². The van der Waals surface area contributed by atoms with Crippen molar-refractivity contribution in [2.75, 3.05) is 6.54 Å². The van der Waals surface area contributed by atoms with Crippen molar-refractivity contribution in [3.05, 3.63) is 21.4 Å². The van der Waals surface area contributed by atoms with Gasteiger partial charge in [-0.05, 0) is 44.2 Å². The van der Waals surface area contributed by atoms with E-state index in [1.54, 1.807) is 11.3 Å². The number of thiophene rings is 1. The molecule has 0 spiro atoms. The van der Waals surface area contributed by atoms with Gasteiger partial charge in [-0.3, -0.25) is 4.79 Å². The molecule has 0 aromatic carbocycles. The summed E-state index contributed by atoms with van der Waals surface area (Å²) in [7, 11) is 0. The maximum atomic E-state index is 11.9. The van der Waals surface area contributed by atoms with E-state index >= 15 is 0 Å². The van der Waals surface area contributed by atoms with Crippen LogP contribution in [0.25, 0.3) is 0 Å². The van der Waals surface area contributed by atoms with Crippen LogP contribution in [0.5, 0.6) is 0 Å². The van der Waals surface area contributed by atoms with Crippen LogP contribution in [0.3, 0.4) is 0 Å². The van der Waals surface area contributed by atoms with Gasteiger partial charge >= 0.3 is 0 Å². The number of carbonyl (C=O) groups excluding carboxylic acids is 1. The number of aryl methyl sites for hydroxylation is 2. The number of fused-ring (bicyclic) bond motifs is 1. The third-order valence-electron chi connectivity index (χ3n) is 2.95. The predicted octanol–water partition coefficient (Wildman–Crippen LogP) is 1.70. The van der Waals surface area contributed by atoms with Crippen molar-refractivity contribution in [3.63, 3.8) is 0 Å².